The highest BCUT2D eigenvalue weighted by atomic mass is 16.5. The molecule has 7 heteroatoms. The zero-order valence-corrected chi connectivity index (χ0v) is 19.3. The summed E-state index contributed by atoms with van der Waals surface area (Å²) in [6, 6.07) is 13.3. The van der Waals surface area contributed by atoms with Gasteiger partial charge >= 0.3 is 0 Å². The first kappa shape index (κ1) is 24.9. The predicted molar refractivity (Wildman–Crippen MR) is 128 cm³/mol. The zero-order chi connectivity index (χ0) is 23.3. The largest absolute Gasteiger partial charge is 0.493 e. The molecule has 2 N–H and O–H groups in total. The number of nitrogens with one attached hydrogen (secondary N) is 2. The summed E-state index contributed by atoms with van der Waals surface area (Å²) in [4.78, 5) is 25.3. The van der Waals surface area contributed by atoms with Crippen LogP contribution in [0.5, 0.6) is 11.5 Å². The molecule has 32 heavy (non-hydrogen) atoms. The van der Waals surface area contributed by atoms with E-state index in [1.165, 1.54) is 18.6 Å². The van der Waals surface area contributed by atoms with Gasteiger partial charge in [-0.1, -0.05) is 18.2 Å². The molecule has 0 saturated carbocycles. The molecular formula is C25H33N3O4. The van der Waals surface area contributed by atoms with Crippen molar-refractivity contribution < 1.29 is 19.1 Å². The highest BCUT2D eigenvalue weighted by molar-refractivity contribution is 5.92. The molecule has 0 aliphatic rings. The second-order valence-corrected chi connectivity index (χ2v) is 7.52. The maximum Gasteiger partial charge on any atom is 0.243 e. The maximum absolute atomic E-state index is 12.0. The molecule has 0 spiro atoms. The molecule has 0 heterocycles. The van der Waals surface area contributed by atoms with Crippen LogP contribution in [0.1, 0.15) is 24.5 Å². The van der Waals surface area contributed by atoms with Crippen molar-refractivity contribution in [2.75, 3.05) is 46.2 Å². The molecule has 0 fully saturated rings. The van der Waals surface area contributed by atoms with Gasteiger partial charge in [0.15, 0.2) is 11.5 Å². The molecule has 0 aromatic heterocycles. The van der Waals surface area contributed by atoms with Crippen LogP contribution in [0, 0.1) is 0 Å². The van der Waals surface area contributed by atoms with Crippen molar-refractivity contribution in [1.29, 1.82) is 0 Å². The van der Waals surface area contributed by atoms with E-state index in [2.05, 4.69) is 28.6 Å². The molecule has 2 amide bonds. The van der Waals surface area contributed by atoms with Crippen LogP contribution in [0.25, 0.3) is 6.08 Å². The predicted octanol–water partition coefficient (Wildman–Crippen LogP) is 3.36. The van der Waals surface area contributed by atoms with Gasteiger partial charge in [0.25, 0.3) is 0 Å². The van der Waals surface area contributed by atoms with Crippen LogP contribution < -0.4 is 20.1 Å². The average Bonchev–Trinajstić information content (AvgIpc) is 2.79. The Morgan fingerprint density at radius 3 is 2.38 bits per heavy atom. The number of anilines is 1. The van der Waals surface area contributed by atoms with Crippen molar-refractivity contribution >= 4 is 23.6 Å². The number of rotatable bonds is 12. The van der Waals surface area contributed by atoms with E-state index in [4.69, 9.17) is 9.47 Å². The number of ether oxygens (including phenoxy) is 2. The van der Waals surface area contributed by atoms with Gasteiger partial charge in [0.2, 0.25) is 11.8 Å². The minimum atomic E-state index is -0.121. The summed E-state index contributed by atoms with van der Waals surface area (Å²) in [5.74, 6) is 1.24. The highest BCUT2D eigenvalue weighted by Gasteiger charge is 2.06. The summed E-state index contributed by atoms with van der Waals surface area (Å²) in [7, 11) is 5.35. The minimum absolute atomic E-state index is 0.112. The van der Waals surface area contributed by atoms with Crippen molar-refractivity contribution in [3.05, 3.63) is 59.7 Å². The van der Waals surface area contributed by atoms with Crippen LogP contribution in [-0.4, -0.2) is 57.6 Å². The first-order valence-corrected chi connectivity index (χ1v) is 10.6. The Morgan fingerprint density at radius 2 is 1.72 bits per heavy atom. The van der Waals surface area contributed by atoms with Crippen LogP contribution in [-0.2, 0) is 16.0 Å². The number of methoxy groups -OCH3 is 2. The van der Waals surface area contributed by atoms with Crippen LogP contribution in [0.15, 0.2) is 48.5 Å². The van der Waals surface area contributed by atoms with Crippen LogP contribution in [0.4, 0.5) is 5.69 Å². The third-order valence-corrected chi connectivity index (χ3v) is 4.90. The van der Waals surface area contributed by atoms with Gasteiger partial charge in [-0.05, 0) is 67.9 Å². The van der Waals surface area contributed by atoms with E-state index in [9.17, 15) is 9.59 Å². The first-order chi connectivity index (χ1) is 15.4. The van der Waals surface area contributed by atoms with E-state index < -0.39 is 0 Å². The molecule has 0 unspecified atom stereocenters. The number of hydrogen-bond acceptors (Lipinski definition) is 5. The lowest BCUT2D eigenvalue weighted by Gasteiger charge is -2.17. The lowest BCUT2D eigenvalue weighted by atomic mass is 10.1. The number of likely N-dealkylation sites (N-methyl/N-ethyl adjacent to an activating group) is 1. The van der Waals surface area contributed by atoms with Crippen molar-refractivity contribution in [1.82, 2.24) is 10.2 Å². The summed E-state index contributed by atoms with van der Waals surface area (Å²) < 4.78 is 10.6. The summed E-state index contributed by atoms with van der Waals surface area (Å²) in [5, 5.41) is 5.62. The van der Waals surface area contributed by atoms with Gasteiger partial charge in [0.1, 0.15) is 0 Å². The van der Waals surface area contributed by atoms with Crippen LogP contribution >= 0.6 is 0 Å². The summed E-state index contributed by atoms with van der Waals surface area (Å²) >= 11 is 0. The van der Waals surface area contributed by atoms with Gasteiger partial charge in [-0.3, -0.25) is 9.59 Å². The van der Waals surface area contributed by atoms with Crippen LogP contribution in [0.3, 0.4) is 0 Å². The molecule has 2 rings (SSSR count). The average molecular weight is 440 g/mol. The van der Waals surface area contributed by atoms with Crippen molar-refractivity contribution in [2.45, 2.75) is 19.8 Å². The standard InChI is InChI=1S/C25H33N3O4/c1-19(29)27-22-10-6-20(7-11-22)9-13-25(30)26-15-5-16-28(2)17-14-21-8-12-23(31-3)24(18-21)32-4/h6-13,18H,5,14-17H2,1-4H3,(H,26,30)(H,27,29)/b13-9+. The van der Waals surface area contributed by atoms with E-state index in [1.54, 1.807) is 32.4 Å². The molecule has 0 radical (unpaired) electrons. The Kier molecular flexibility index (Phi) is 10.3. The number of hydrogen-bond donors (Lipinski definition) is 2. The third kappa shape index (κ3) is 8.81. The molecule has 7 nitrogen and oxygen atoms in total. The molecule has 0 aliphatic heterocycles. The van der Waals surface area contributed by atoms with Gasteiger partial charge in [-0.25, -0.2) is 0 Å². The second kappa shape index (κ2) is 13.2. The number of benzene rings is 2. The third-order valence-electron chi connectivity index (χ3n) is 4.90. The van der Waals surface area contributed by atoms with Crippen LogP contribution in [0.2, 0.25) is 0 Å². The molecule has 172 valence electrons. The molecule has 0 aliphatic carbocycles. The molecule has 0 atom stereocenters. The smallest absolute Gasteiger partial charge is 0.243 e. The zero-order valence-electron chi connectivity index (χ0n) is 19.3. The van der Waals surface area contributed by atoms with Gasteiger partial charge in [-0.2, -0.15) is 0 Å². The fourth-order valence-corrected chi connectivity index (χ4v) is 3.14. The van der Waals surface area contributed by atoms with Crippen molar-refractivity contribution in [3.63, 3.8) is 0 Å². The molecule has 0 bridgehead atoms. The van der Waals surface area contributed by atoms with Crippen molar-refractivity contribution in [2.24, 2.45) is 0 Å². The molecule has 2 aromatic rings. The first-order valence-electron chi connectivity index (χ1n) is 10.6. The fraction of sp³-hybridized carbons (Fsp3) is 0.360. The van der Waals surface area contributed by atoms with Gasteiger partial charge in [0, 0.05) is 31.8 Å². The lowest BCUT2D eigenvalue weighted by Crippen LogP contribution is -2.28. The number of amides is 2. The number of carbonyl (C=O) groups is 2. The van der Waals surface area contributed by atoms with E-state index >= 15 is 0 Å². The Bertz CT molecular complexity index is 910. The SMILES string of the molecule is COc1ccc(CCN(C)CCCNC(=O)/C=C/c2ccc(NC(C)=O)cc2)cc1OC. The van der Waals surface area contributed by atoms with Gasteiger partial charge in [-0.15, -0.1) is 0 Å². The van der Waals surface area contributed by atoms with E-state index in [1.807, 2.05) is 24.3 Å². The highest BCUT2D eigenvalue weighted by Crippen LogP contribution is 2.27. The van der Waals surface area contributed by atoms with E-state index in [0.717, 1.165) is 48.7 Å². The molecule has 0 saturated heterocycles. The topological polar surface area (TPSA) is 79.9 Å². The monoisotopic (exact) mass is 439 g/mol. The Balaban J connectivity index is 1.65. The Labute approximate surface area is 190 Å². The number of carbonyl (C=O) groups excluding carboxylic acids is 2. The Morgan fingerprint density at radius 1 is 1.00 bits per heavy atom. The van der Waals surface area contributed by atoms with Gasteiger partial charge in [0.05, 0.1) is 14.2 Å². The molecular weight excluding hydrogens is 406 g/mol. The van der Waals surface area contributed by atoms with Crippen molar-refractivity contribution in [3.8, 4) is 11.5 Å². The second-order valence-electron chi connectivity index (χ2n) is 7.52. The summed E-state index contributed by atoms with van der Waals surface area (Å²) in [5.41, 5.74) is 2.82. The lowest BCUT2D eigenvalue weighted by molar-refractivity contribution is -0.116. The number of nitrogens with zero attached hydrogens (tertiary/aromatic N) is 1. The summed E-state index contributed by atoms with van der Waals surface area (Å²) in [6.07, 6.45) is 5.05. The van der Waals surface area contributed by atoms with E-state index in [0.29, 0.717) is 6.54 Å². The summed E-state index contributed by atoms with van der Waals surface area (Å²) in [6.45, 7) is 3.89. The Hall–Kier alpha value is -3.32. The molecule has 2 aromatic carbocycles. The normalized spacial score (nSPS) is 10.9. The quantitative estimate of drug-likeness (QED) is 0.392. The fourth-order valence-electron chi connectivity index (χ4n) is 3.14. The van der Waals surface area contributed by atoms with E-state index in [-0.39, 0.29) is 11.8 Å². The van der Waals surface area contributed by atoms with Gasteiger partial charge < -0.3 is 25.0 Å². The maximum atomic E-state index is 12.0. The minimum Gasteiger partial charge on any atom is -0.493 e.